The lowest BCUT2D eigenvalue weighted by Gasteiger charge is -2.38. The lowest BCUT2D eigenvalue weighted by molar-refractivity contribution is -0.134. The molecule has 2 N–H and O–H groups in total. The summed E-state index contributed by atoms with van der Waals surface area (Å²) < 4.78 is 0. The number of nitrogens with zero attached hydrogens (tertiary/aromatic N) is 3. The van der Waals surface area contributed by atoms with Gasteiger partial charge < -0.3 is 10.6 Å². The molecule has 2 atom stereocenters. The molecule has 2 heterocycles. The Kier molecular flexibility index (Phi) is 4.50. The molecule has 2 rings (SSSR count). The number of carbonyl (C=O) groups excluding carboxylic acids is 1. The predicted molar refractivity (Wildman–Crippen MR) is 74.5 cm³/mol. The number of carbonyl (C=O) groups is 1. The van der Waals surface area contributed by atoms with Gasteiger partial charge in [-0.2, -0.15) is 0 Å². The van der Waals surface area contributed by atoms with Gasteiger partial charge in [-0.05, 0) is 31.5 Å². The summed E-state index contributed by atoms with van der Waals surface area (Å²) in [4.78, 5) is 20.1. The van der Waals surface area contributed by atoms with Crippen LogP contribution in [0, 0.1) is 0 Å². The molecule has 1 aromatic rings. The summed E-state index contributed by atoms with van der Waals surface area (Å²) in [5.41, 5.74) is 6.91. The minimum atomic E-state index is -0.399. The van der Waals surface area contributed by atoms with Gasteiger partial charge in [0, 0.05) is 44.6 Å². The number of pyridine rings is 1. The summed E-state index contributed by atoms with van der Waals surface area (Å²) in [6.45, 7) is 7.24. The average Bonchev–Trinajstić information content (AvgIpc) is 2.46. The number of hydrogen-bond acceptors (Lipinski definition) is 4. The molecule has 0 bridgehead atoms. The first-order chi connectivity index (χ1) is 9.09. The Hall–Kier alpha value is -1.46. The number of hydrogen-bond donors (Lipinski definition) is 1. The van der Waals surface area contributed by atoms with E-state index in [4.69, 9.17) is 5.73 Å². The molecule has 1 aliphatic rings. The SMILES string of the molecule is CC(N)C(=O)N1CCN(C(C)c2ccncc2)CC1. The molecule has 1 aliphatic heterocycles. The first-order valence-corrected chi connectivity index (χ1v) is 6.78. The van der Waals surface area contributed by atoms with Gasteiger partial charge in [-0.15, -0.1) is 0 Å². The Bertz CT molecular complexity index is 413. The topological polar surface area (TPSA) is 62.5 Å². The zero-order valence-corrected chi connectivity index (χ0v) is 11.6. The van der Waals surface area contributed by atoms with Gasteiger partial charge in [-0.1, -0.05) is 0 Å². The second-order valence-corrected chi connectivity index (χ2v) is 5.11. The Morgan fingerprint density at radius 1 is 1.21 bits per heavy atom. The van der Waals surface area contributed by atoms with E-state index in [0.717, 1.165) is 26.2 Å². The monoisotopic (exact) mass is 262 g/mol. The fraction of sp³-hybridized carbons (Fsp3) is 0.571. The summed E-state index contributed by atoms with van der Waals surface area (Å²) >= 11 is 0. The molecule has 1 amide bonds. The van der Waals surface area contributed by atoms with E-state index in [2.05, 4.69) is 16.8 Å². The van der Waals surface area contributed by atoms with Gasteiger partial charge >= 0.3 is 0 Å². The average molecular weight is 262 g/mol. The molecular weight excluding hydrogens is 240 g/mol. The van der Waals surface area contributed by atoms with Crippen LogP contribution in [-0.4, -0.2) is 52.9 Å². The normalized spacial score (nSPS) is 20.1. The van der Waals surface area contributed by atoms with Crippen LogP contribution < -0.4 is 5.73 Å². The van der Waals surface area contributed by atoms with Crippen molar-refractivity contribution < 1.29 is 4.79 Å². The number of piperazine rings is 1. The minimum absolute atomic E-state index is 0.0521. The highest BCUT2D eigenvalue weighted by molar-refractivity contribution is 5.81. The van der Waals surface area contributed by atoms with Crippen LogP contribution in [0.15, 0.2) is 24.5 Å². The molecule has 5 heteroatoms. The molecule has 104 valence electrons. The molecule has 5 nitrogen and oxygen atoms in total. The summed E-state index contributed by atoms with van der Waals surface area (Å²) in [5, 5.41) is 0. The Balaban J connectivity index is 1.91. The van der Waals surface area contributed by atoms with E-state index in [1.165, 1.54) is 5.56 Å². The highest BCUT2D eigenvalue weighted by Gasteiger charge is 2.25. The standard InChI is InChI=1S/C14H22N4O/c1-11(15)14(19)18-9-7-17(8-10-18)12(2)13-3-5-16-6-4-13/h3-6,11-12H,7-10,15H2,1-2H3. The van der Waals surface area contributed by atoms with Crippen LogP contribution in [0.4, 0.5) is 0 Å². The number of nitrogens with two attached hydrogens (primary N) is 1. The van der Waals surface area contributed by atoms with Crippen molar-refractivity contribution in [3.63, 3.8) is 0 Å². The van der Waals surface area contributed by atoms with Crippen molar-refractivity contribution in [1.82, 2.24) is 14.8 Å². The maximum absolute atomic E-state index is 11.8. The molecule has 0 aliphatic carbocycles. The van der Waals surface area contributed by atoms with Crippen molar-refractivity contribution in [3.05, 3.63) is 30.1 Å². The molecule has 1 fully saturated rings. The van der Waals surface area contributed by atoms with E-state index >= 15 is 0 Å². The van der Waals surface area contributed by atoms with Crippen LogP contribution in [0.25, 0.3) is 0 Å². The molecule has 1 saturated heterocycles. The van der Waals surface area contributed by atoms with Gasteiger partial charge in [0.2, 0.25) is 5.91 Å². The van der Waals surface area contributed by atoms with Crippen molar-refractivity contribution in [3.8, 4) is 0 Å². The van der Waals surface area contributed by atoms with E-state index in [-0.39, 0.29) is 5.91 Å². The van der Waals surface area contributed by atoms with Crippen LogP contribution in [-0.2, 0) is 4.79 Å². The Morgan fingerprint density at radius 2 is 1.79 bits per heavy atom. The zero-order chi connectivity index (χ0) is 13.8. The summed E-state index contributed by atoms with van der Waals surface area (Å²) in [6.07, 6.45) is 3.64. The number of aromatic nitrogens is 1. The number of amides is 1. The summed E-state index contributed by atoms with van der Waals surface area (Å²) in [7, 11) is 0. The quantitative estimate of drug-likeness (QED) is 0.868. The van der Waals surface area contributed by atoms with Crippen molar-refractivity contribution in [2.24, 2.45) is 5.73 Å². The smallest absolute Gasteiger partial charge is 0.239 e. The first kappa shape index (κ1) is 14.0. The molecule has 0 aromatic carbocycles. The molecule has 0 spiro atoms. The molecule has 0 radical (unpaired) electrons. The van der Waals surface area contributed by atoms with E-state index in [1.807, 2.05) is 29.4 Å². The summed E-state index contributed by atoms with van der Waals surface area (Å²) in [5.74, 6) is 0.0521. The Labute approximate surface area is 114 Å². The minimum Gasteiger partial charge on any atom is -0.339 e. The van der Waals surface area contributed by atoms with Gasteiger partial charge in [0.15, 0.2) is 0 Å². The Morgan fingerprint density at radius 3 is 2.32 bits per heavy atom. The first-order valence-electron chi connectivity index (χ1n) is 6.78. The van der Waals surface area contributed by atoms with Crippen molar-refractivity contribution in [1.29, 1.82) is 0 Å². The molecule has 1 aromatic heterocycles. The molecule has 19 heavy (non-hydrogen) atoms. The highest BCUT2D eigenvalue weighted by atomic mass is 16.2. The highest BCUT2D eigenvalue weighted by Crippen LogP contribution is 2.20. The van der Waals surface area contributed by atoms with Crippen molar-refractivity contribution >= 4 is 5.91 Å². The second kappa shape index (κ2) is 6.12. The third-order valence-corrected chi connectivity index (χ3v) is 3.75. The fourth-order valence-corrected chi connectivity index (χ4v) is 2.47. The third-order valence-electron chi connectivity index (χ3n) is 3.75. The molecule has 2 unspecified atom stereocenters. The second-order valence-electron chi connectivity index (χ2n) is 5.11. The lowest BCUT2D eigenvalue weighted by atomic mass is 10.1. The maximum atomic E-state index is 11.8. The van der Waals surface area contributed by atoms with Gasteiger partial charge in [-0.3, -0.25) is 14.7 Å². The zero-order valence-electron chi connectivity index (χ0n) is 11.6. The van der Waals surface area contributed by atoms with E-state index in [9.17, 15) is 4.79 Å². The largest absolute Gasteiger partial charge is 0.339 e. The molecule has 0 saturated carbocycles. The summed E-state index contributed by atoms with van der Waals surface area (Å²) in [6, 6.07) is 4.05. The van der Waals surface area contributed by atoms with Crippen LogP contribution >= 0.6 is 0 Å². The van der Waals surface area contributed by atoms with Crippen LogP contribution in [0.2, 0.25) is 0 Å². The van der Waals surface area contributed by atoms with E-state index < -0.39 is 6.04 Å². The maximum Gasteiger partial charge on any atom is 0.239 e. The van der Waals surface area contributed by atoms with Crippen LogP contribution in [0.1, 0.15) is 25.5 Å². The lowest BCUT2D eigenvalue weighted by Crippen LogP contribution is -2.52. The predicted octanol–water partition coefficient (Wildman–Crippen LogP) is 0.634. The van der Waals surface area contributed by atoms with Crippen LogP contribution in [0.5, 0.6) is 0 Å². The van der Waals surface area contributed by atoms with Crippen LogP contribution in [0.3, 0.4) is 0 Å². The van der Waals surface area contributed by atoms with E-state index in [0.29, 0.717) is 6.04 Å². The van der Waals surface area contributed by atoms with Crippen molar-refractivity contribution in [2.45, 2.75) is 25.9 Å². The van der Waals surface area contributed by atoms with Gasteiger partial charge in [0.1, 0.15) is 0 Å². The van der Waals surface area contributed by atoms with Gasteiger partial charge in [0.05, 0.1) is 6.04 Å². The molecular formula is C14H22N4O. The van der Waals surface area contributed by atoms with Gasteiger partial charge in [-0.25, -0.2) is 0 Å². The van der Waals surface area contributed by atoms with E-state index in [1.54, 1.807) is 6.92 Å². The van der Waals surface area contributed by atoms with Gasteiger partial charge in [0.25, 0.3) is 0 Å². The number of rotatable bonds is 3. The third kappa shape index (κ3) is 3.30. The fourth-order valence-electron chi connectivity index (χ4n) is 2.47. The van der Waals surface area contributed by atoms with Crippen molar-refractivity contribution in [2.75, 3.05) is 26.2 Å².